The Balaban J connectivity index is 2.46. The molecule has 0 saturated carbocycles. The molecule has 3 nitrogen and oxygen atoms in total. The molecule has 0 saturated heterocycles. The fourth-order valence-electron chi connectivity index (χ4n) is 2.74. The van der Waals surface area contributed by atoms with Crippen LogP contribution in [0.4, 0.5) is 0 Å². The molecule has 3 heteroatoms. The summed E-state index contributed by atoms with van der Waals surface area (Å²) in [5.74, 6) is -0.113. The van der Waals surface area contributed by atoms with E-state index >= 15 is 0 Å². The van der Waals surface area contributed by atoms with Gasteiger partial charge in [-0.05, 0) is 29.9 Å². The molecule has 0 aromatic carbocycles. The lowest BCUT2D eigenvalue weighted by Crippen LogP contribution is -2.36. The Kier molecular flexibility index (Phi) is 2.93. The number of carboxylic acid groups (broad SMARTS) is 1. The molecular formula is C15H18O3. The van der Waals surface area contributed by atoms with Crippen LogP contribution >= 0.6 is 0 Å². The average Bonchev–Trinajstić information content (AvgIpc) is 2.68. The summed E-state index contributed by atoms with van der Waals surface area (Å²) in [4.78, 5) is 11.2. The number of aliphatic carboxylic acids is 1. The standard InChI is InChI=1S/C15H18O3/c1-5-15(4)7-13-11(9(2)8-18-13)6-12(15)10(3)14(16)17/h5,8,12H,1,3,6-7H2,2,4H3,(H,16,17)/t12-,15-/m1/s1. The van der Waals surface area contributed by atoms with Gasteiger partial charge < -0.3 is 9.52 Å². The minimum atomic E-state index is -0.933. The second-order valence-electron chi connectivity index (χ2n) is 5.29. The molecule has 18 heavy (non-hydrogen) atoms. The lowest BCUT2D eigenvalue weighted by atomic mass is 9.64. The first-order valence-electron chi connectivity index (χ1n) is 6.00. The van der Waals surface area contributed by atoms with Crippen LogP contribution in [0.15, 0.2) is 35.5 Å². The third-order valence-corrected chi connectivity index (χ3v) is 4.10. The number of carboxylic acids is 1. The smallest absolute Gasteiger partial charge is 0.331 e. The molecule has 0 spiro atoms. The maximum absolute atomic E-state index is 11.2. The van der Waals surface area contributed by atoms with Crippen LogP contribution in [-0.2, 0) is 17.6 Å². The first-order chi connectivity index (χ1) is 8.39. The summed E-state index contributed by atoms with van der Waals surface area (Å²) in [5.41, 5.74) is 2.15. The molecule has 1 aliphatic carbocycles. The predicted octanol–water partition coefficient (Wildman–Crippen LogP) is 3.14. The van der Waals surface area contributed by atoms with E-state index in [0.29, 0.717) is 12.8 Å². The van der Waals surface area contributed by atoms with E-state index in [1.165, 1.54) is 0 Å². The molecule has 0 amide bonds. The normalized spacial score (nSPS) is 26.4. The zero-order valence-corrected chi connectivity index (χ0v) is 10.8. The minimum absolute atomic E-state index is 0.128. The van der Waals surface area contributed by atoms with E-state index in [1.54, 1.807) is 6.26 Å². The molecule has 1 heterocycles. The van der Waals surface area contributed by atoms with Gasteiger partial charge in [0.25, 0.3) is 0 Å². The summed E-state index contributed by atoms with van der Waals surface area (Å²) in [6.07, 6.45) is 4.90. The number of hydrogen-bond acceptors (Lipinski definition) is 2. The van der Waals surface area contributed by atoms with Gasteiger partial charge in [0.2, 0.25) is 0 Å². The van der Waals surface area contributed by atoms with Crippen molar-refractivity contribution in [1.29, 1.82) is 0 Å². The maximum atomic E-state index is 11.2. The summed E-state index contributed by atoms with van der Waals surface area (Å²) in [7, 11) is 0. The van der Waals surface area contributed by atoms with E-state index in [9.17, 15) is 9.90 Å². The van der Waals surface area contributed by atoms with Gasteiger partial charge in [-0.1, -0.05) is 19.6 Å². The monoisotopic (exact) mass is 246 g/mol. The van der Waals surface area contributed by atoms with Gasteiger partial charge in [0.05, 0.1) is 6.26 Å². The number of allylic oxidation sites excluding steroid dienone is 1. The van der Waals surface area contributed by atoms with E-state index in [4.69, 9.17) is 4.42 Å². The molecule has 0 fully saturated rings. The zero-order chi connectivity index (χ0) is 13.5. The summed E-state index contributed by atoms with van der Waals surface area (Å²) < 4.78 is 5.55. The Labute approximate surface area is 107 Å². The van der Waals surface area contributed by atoms with Crippen molar-refractivity contribution in [3.63, 3.8) is 0 Å². The summed E-state index contributed by atoms with van der Waals surface area (Å²) in [6.45, 7) is 11.6. The molecule has 0 bridgehead atoms. The molecule has 2 rings (SSSR count). The highest BCUT2D eigenvalue weighted by Crippen LogP contribution is 2.45. The molecule has 2 atom stereocenters. The van der Waals surface area contributed by atoms with Gasteiger partial charge in [0.15, 0.2) is 0 Å². The molecule has 1 N–H and O–H groups in total. The Morgan fingerprint density at radius 3 is 2.89 bits per heavy atom. The lowest BCUT2D eigenvalue weighted by Gasteiger charge is -2.38. The van der Waals surface area contributed by atoms with E-state index in [2.05, 4.69) is 13.2 Å². The molecule has 0 unspecified atom stereocenters. The first kappa shape index (κ1) is 12.7. The second kappa shape index (κ2) is 4.16. The number of furan rings is 1. The number of aryl methyl sites for hydroxylation is 1. The van der Waals surface area contributed by atoms with Crippen molar-refractivity contribution >= 4 is 5.97 Å². The number of hydrogen-bond donors (Lipinski definition) is 1. The average molecular weight is 246 g/mol. The van der Waals surface area contributed by atoms with Gasteiger partial charge in [0, 0.05) is 17.9 Å². The van der Waals surface area contributed by atoms with E-state index in [0.717, 1.165) is 16.9 Å². The fourth-order valence-corrected chi connectivity index (χ4v) is 2.74. The van der Waals surface area contributed by atoms with E-state index < -0.39 is 5.97 Å². The van der Waals surface area contributed by atoms with Crippen LogP contribution in [0.3, 0.4) is 0 Å². The molecule has 1 aromatic rings. The Morgan fingerprint density at radius 1 is 1.67 bits per heavy atom. The molecule has 1 aromatic heterocycles. The van der Waals surface area contributed by atoms with Crippen LogP contribution in [0.25, 0.3) is 0 Å². The van der Waals surface area contributed by atoms with Crippen molar-refractivity contribution in [3.8, 4) is 0 Å². The van der Waals surface area contributed by atoms with Crippen LogP contribution < -0.4 is 0 Å². The number of rotatable bonds is 3. The third kappa shape index (κ3) is 1.80. The Bertz CT molecular complexity index is 524. The van der Waals surface area contributed by atoms with Crippen LogP contribution in [0.1, 0.15) is 23.8 Å². The minimum Gasteiger partial charge on any atom is -0.478 e. The lowest BCUT2D eigenvalue weighted by molar-refractivity contribution is -0.133. The summed E-state index contributed by atoms with van der Waals surface area (Å²) in [5, 5.41) is 9.17. The van der Waals surface area contributed by atoms with E-state index in [1.807, 2.05) is 19.9 Å². The van der Waals surface area contributed by atoms with Crippen LogP contribution in [0, 0.1) is 18.3 Å². The van der Waals surface area contributed by atoms with Gasteiger partial charge in [-0.15, -0.1) is 6.58 Å². The second-order valence-corrected chi connectivity index (χ2v) is 5.29. The highest BCUT2D eigenvalue weighted by Gasteiger charge is 2.41. The fraction of sp³-hybridized carbons (Fsp3) is 0.400. The zero-order valence-electron chi connectivity index (χ0n) is 10.8. The topological polar surface area (TPSA) is 50.4 Å². The van der Waals surface area contributed by atoms with Crippen molar-refractivity contribution < 1.29 is 14.3 Å². The molecule has 1 aliphatic rings. The Morgan fingerprint density at radius 2 is 2.33 bits per heavy atom. The van der Waals surface area contributed by atoms with Gasteiger partial charge in [-0.25, -0.2) is 4.79 Å². The quantitative estimate of drug-likeness (QED) is 0.658. The highest BCUT2D eigenvalue weighted by atomic mass is 16.4. The van der Waals surface area contributed by atoms with E-state index in [-0.39, 0.29) is 16.9 Å². The SMILES string of the molecule is C=C[C@]1(C)Cc2occ(C)c2C[C@@H]1C(=C)C(=O)O. The largest absolute Gasteiger partial charge is 0.478 e. The first-order valence-corrected chi connectivity index (χ1v) is 6.00. The van der Waals surface area contributed by atoms with Crippen molar-refractivity contribution in [2.45, 2.75) is 26.7 Å². The van der Waals surface area contributed by atoms with Crippen molar-refractivity contribution in [2.24, 2.45) is 11.3 Å². The Hall–Kier alpha value is -1.77. The summed E-state index contributed by atoms with van der Waals surface area (Å²) in [6, 6.07) is 0. The molecule has 96 valence electrons. The van der Waals surface area contributed by atoms with Crippen molar-refractivity contribution in [1.82, 2.24) is 0 Å². The van der Waals surface area contributed by atoms with Crippen LogP contribution in [-0.4, -0.2) is 11.1 Å². The number of fused-ring (bicyclic) bond motifs is 1. The van der Waals surface area contributed by atoms with Gasteiger partial charge in [0.1, 0.15) is 5.76 Å². The molecule has 0 aliphatic heterocycles. The molecular weight excluding hydrogens is 228 g/mol. The van der Waals surface area contributed by atoms with Gasteiger partial charge in [-0.2, -0.15) is 0 Å². The van der Waals surface area contributed by atoms with Gasteiger partial charge in [-0.3, -0.25) is 0 Å². The van der Waals surface area contributed by atoms with Crippen LogP contribution in [0.2, 0.25) is 0 Å². The highest BCUT2D eigenvalue weighted by molar-refractivity contribution is 5.86. The third-order valence-electron chi connectivity index (χ3n) is 4.10. The molecule has 0 radical (unpaired) electrons. The van der Waals surface area contributed by atoms with Crippen molar-refractivity contribution in [3.05, 3.63) is 48.0 Å². The predicted molar refractivity (Wildman–Crippen MR) is 69.4 cm³/mol. The maximum Gasteiger partial charge on any atom is 0.331 e. The van der Waals surface area contributed by atoms with Crippen LogP contribution in [0.5, 0.6) is 0 Å². The van der Waals surface area contributed by atoms with Crippen molar-refractivity contribution in [2.75, 3.05) is 0 Å². The number of carbonyl (C=O) groups is 1. The summed E-state index contributed by atoms with van der Waals surface area (Å²) >= 11 is 0. The van der Waals surface area contributed by atoms with Gasteiger partial charge >= 0.3 is 5.97 Å².